The van der Waals surface area contributed by atoms with E-state index in [2.05, 4.69) is 10.3 Å². The Balaban J connectivity index is 1.73. The van der Waals surface area contributed by atoms with Gasteiger partial charge in [-0.05, 0) is 25.8 Å². The highest BCUT2D eigenvalue weighted by Gasteiger charge is 2.34. The fourth-order valence-corrected chi connectivity index (χ4v) is 3.46. The van der Waals surface area contributed by atoms with Crippen LogP contribution in [-0.2, 0) is 11.2 Å². The molecule has 110 valence electrons. The lowest BCUT2D eigenvalue weighted by molar-refractivity contribution is -0.134. The van der Waals surface area contributed by atoms with E-state index in [4.69, 9.17) is 4.42 Å². The molecule has 1 amide bonds. The molecule has 1 atom stereocenters. The molecule has 3 rings (SSSR count). The molecule has 1 aliphatic heterocycles. The van der Waals surface area contributed by atoms with E-state index >= 15 is 0 Å². The first kappa shape index (κ1) is 13.6. The zero-order valence-electron chi connectivity index (χ0n) is 12.1. The first-order valence-electron chi connectivity index (χ1n) is 7.68. The van der Waals surface area contributed by atoms with Gasteiger partial charge in [-0.15, -0.1) is 0 Å². The lowest BCUT2D eigenvalue weighted by Crippen LogP contribution is -2.41. The van der Waals surface area contributed by atoms with Crippen LogP contribution >= 0.6 is 0 Å². The topological polar surface area (TPSA) is 58.4 Å². The van der Waals surface area contributed by atoms with Crippen molar-refractivity contribution in [3.8, 4) is 0 Å². The normalized spacial score (nSPS) is 24.6. The number of oxazole rings is 1. The van der Waals surface area contributed by atoms with Crippen LogP contribution in [0.3, 0.4) is 0 Å². The number of nitrogens with one attached hydrogen (secondary N) is 1. The second-order valence-corrected chi connectivity index (χ2v) is 5.92. The van der Waals surface area contributed by atoms with Gasteiger partial charge in [0.15, 0.2) is 12.2 Å². The van der Waals surface area contributed by atoms with Gasteiger partial charge in [0.1, 0.15) is 6.04 Å². The number of fused-ring (bicyclic) bond motifs is 1. The molecule has 0 bridgehead atoms. The van der Waals surface area contributed by atoms with Crippen molar-refractivity contribution in [2.75, 3.05) is 20.1 Å². The summed E-state index contributed by atoms with van der Waals surface area (Å²) in [7, 11) is 1.80. The summed E-state index contributed by atoms with van der Waals surface area (Å²) in [6.07, 6.45) is 8.73. The number of nitrogens with zero attached hydrogens (tertiary/aromatic N) is 2. The van der Waals surface area contributed by atoms with E-state index in [0.717, 1.165) is 25.2 Å². The Morgan fingerprint density at radius 3 is 2.95 bits per heavy atom. The minimum Gasteiger partial charge on any atom is -0.446 e. The molecule has 2 aliphatic rings. The number of carbonyl (C=O) groups excluding carboxylic acids is 1. The summed E-state index contributed by atoms with van der Waals surface area (Å²) in [5, 5.41) is 3.08. The summed E-state index contributed by atoms with van der Waals surface area (Å²) in [4.78, 5) is 18.9. The second-order valence-electron chi connectivity index (χ2n) is 5.92. The van der Waals surface area contributed by atoms with Crippen molar-refractivity contribution in [1.29, 1.82) is 0 Å². The summed E-state index contributed by atoms with van der Waals surface area (Å²) >= 11 is 0. The Kier molecular flexibility index (Phi) is 4.05. The maximum Gasteiger partial charge on any atom is 0.247 e. The molecule has 5 heteroatoms. The second kappa shape index (κ2) is 5.95. The van der Waals surface area contributed by atoms with Gasteiger partial charge in [-0.1, -0.05) is 19.3 Å². The maximum absolute atomic E-state index is 12.7. The van der Waals surface area contributed by atoms with Crippen molar-refractivity contribution in [1.82, 2.24) is 15.2 Å². The Bertz CT molecular complexity index is 465. The van der Waals surface area contributed by atoms with Gasteiger partial charge in [-0.3, -0.25) is 4.79 Å². The molecule has 0 radical (unpaired) electrons. The van der Waals surface area contributed by atoms with E-state index in [1.165, 1.54) is 38.5 Å². The first-order chi connectivity index (χ1) is 9.79. The minimum atomic E-state index is -0.376. The Labute approximate surface area is 119 Å². The highest BCUT2D eigenvalue weighted by atomic mass is 16.3. The molecular weight excluding hydrogens is 254 g/mol. The third-order valence-corrected chi connectivity index (χ3v) is 4.60. The fraction of sp³-hybridized carbons (Fsp3) is 0.733. The van der Waals surface area contributed by atoms with E-state index in [1.807, 2.05) is 4.90 Å². The molecular formula is C15H23N3O2. The number of amides is 1. The summed E-state index contributed by atoms with van der Waals surface area (Å²) in [6.45, 7) is 1.65. The van der Waals surface area contributed by atoms with Gasteiger partial charge >= 0.3 is 0 Å². The Morgan fingerprint density at radius 1 is 1.40 bits per heavy atom. The fourth-order valence-electron chi connectivity index (χ4n) is 3.46. The average molecular weight is 277 g/mol. The van der Waals surface area contributed by atoms with Gasteiger partial charge in [0.2, 0.25) is 5.91 Å². The number of hydrogen-bond donors (Lipinski definition) is 1. The third-order valence-electron chi connectivity index (χ3n) is 4.60. The summed E-state index contributed by atoms with van der Waals surface area (Å²) < 4.78 is 5.43. The van der Waals surface area contributed by atoms with Gasteiger partial charge in [-0.2, -0.15) is 0 Å². The molecule has 0 spiro atoms. The average Bonchev–Trinajstić information content (AvgIpc) is 2.89. The van der Waals surface area contributed by atoms with E-state index in [1.54, 1.807) is 7.05 Å². The van der Waals surface area contributed by atoms with Crippen molar-refractivity contribution in [3.05, 3.63) is 17.8 Å². The van der Waals surface area contributed by atoms with Gasteiger partial charge in [-0.25, -0.2) is 4.98 Å². The molecule has 20 heavy (non-hydrogen) atoms. The Morgan fingerprint density at radius 2 is 2.20 bits per heavy atom. The first-order valence-corrected chi connectivity index (χ1v) is 7.68. The lowest BCUT2D eigenvalue weighted by Gasteiger charge is -2.30. The molecule has 5 nitrogen and oxygen atoms in total. The van der Waals surface area contributed by atoms with E-state index in [9.17, 15) is 4.79 Å². The van der Waals surface area contributed by atoms with Crippen molar-refractivity contribution in [2.45, 2.75) is 44.6 Å². The monoisotopic (exact) mass is 277 g/mol. The van der Waals surface area contributed by atoms with Crippen LogP contribution in [0.2, 0.25) is 0 Å². The van der Waals surface area contributed by atoms with Crippen molar-refractivity contribution < 1.29 is 9.21 Å². The van der Waals surface area contributed by atoms with Gasteiger partial charge in [0, 0.05) is 19.5 Å². The van der Waals surface area contributed by atoms with Crippen LogP contribution in [0.4, 0.5) is 0 Å². The van der Waals surface area contributed by atoms with Crippen molar-refractivity contribution in [3.63, 3.8) is 0 Å². The molecule has 0 aromatic carbocycles. The molecule has 1 aromatic rings. The molecule has 1 N–H and O–H groups in total. The maximum atomic E-state index is 12.7. The quantitative estimate of drug-likeness (QED) is 0.916. The van der Waals surface area contributed by atoms with Gasteiger partial charge in [0.05, 0.1) is 5.69 Å². The predicted octanol–water partition coefficient (Wildman–Crippen LogP) is 1.90. The highest BCUT2D eigenvalue weighted by molar-refractivity contribution is 5.83. The third kappa shape index (κ3) is 2.59. The molecule has 1 saturated carbocycles. The van der Waals surface area contributed by atoms with Crippen LogP contribution in [0.15, 0.2) is 10.8 Å². The van der Waals surface area contributed by atoms with Gasteiger partial charge < -0.3 is 14.6 Å². The molecule has 0 saturated heterocycles. The van der Waals surface area contributed by atoms with Crippen LogP contribution < -0.4 is 5.32 Å². The largest absolute Gasteiger partial charge is 0.446 e. The van der Waals surface area contributed by atoms with E-state index < -0.39 is 0 Å². The summed E-state index contributed by atoms with van der Waals surface area (Å²) in [5.74, 6) is 1.50. The van der Waals surface area contributed by atoms with E-state index in [-0.39, 0.29) is 11.9 Å². The van der Waals surface area contributed by atoms with Crippen LogP contribution in [-0.4, -0.2) is 35.9 Å². The smallest absolute Gasteiger partial charge is 0.247 e. The Hall–Kier alpha value is -1.36. The van der Waals surface area contributed by atoms with Crippen molar-refractivity contribution in [2.24, 2.45) is 5.92 Å². The molecule has 1 aromatic heterocycles. The number of hydrogen-bond acceptors (Lipinski definition) is 4. The number of likely N-dealkylation sites (N-methyl/N-ethyl adjacent to an activating group) is 1. The SMILES string of the molecule is CNC1C(=O)N(CC2CCCCC2)CCc2ncoc21. The zero-order valence-corrected chi connectivity index (χ0v) is 12.1. The minimum absolute atomic E-state index is 0.133. The van der Waals surface area contributed by atoms with Crippen molar-refractivity contribution >= 4 is 5.91 Å². The standard InChI is InChI=1S/C15H23N3O2/c1-16-13-14-12(17-10-20-14)7-8-18(15(13)19)9-11-5-3-2-4-6-11/h10-11,13,16H,2-9H2,1H3. The van der Waals surface area contributed by atoms with Crippen LogP contribution in [0.1, 0.15) is 49.6 Å². The molecule has 1 fully saturated rings. The van der Waals surface area contributed by atoms with E-state index in [0.29, 0.717) is 11.7 Å². The van der Waals surface area contributed by atoms with Gasteiger partial charge in [0.25, 0.3) is 0 Å². The molecule has 2 heterocycles. The summed E-state index contributed by atoms with van der Waals surface area (Å²) in [5.41, 5.74) is 0.920. The number of rotatable bonds is 3. The van der Waals surface area contributed by atoms with Crippen LogP contribution in [0.5, 0.6) is 0 Å². The molecule has 1 aliphatic carbocycles. The zero-order chi connectivity index (χ0) is 13.9. The number of aromatic nitrogens is 1. The predicted molar refractivity (Wildman–Crippen MR) is 75.2 cm³/mol. The van der Waals surface area contributed by atoms with Crippen LogP contribution in [0, 0.1) is 5.92 Å². The number of carbonyl (C=O) groups is 1. The van der Waals surface area contributed by atoms with Crippen LogP contribution in [0.25, 0.3) is 0 Å². The highest BCUT2D eigenvalue weighted by Crippen LogP contribution is 2.28. The lowest BCUT2D eigenvalue weighted by atomic mass is 9.89. The molecule has 1 unspecified atom stereocenters. The summed E-state index contributed by atoms with van der Waals surface area (Å²) in [6, 6.07) is -0.376.